The molecule has 0 aliphatic heterocycles. The van der Waals surface area contributed by atoms with Gasteiger partial charge in [-0.15, -0.1) is 0 Å². The summed E-state index contributed by atoms with van der Waals surface area (Å²) in [6.07, 6.45) is -4.96. The average molecular weight is 179 g/mol. The van der Waals surface area contributed by atoms with Gasteiger partial charge in [0.1, 0.15) is 12.2 Å². The summed E-state index contributed by atoms with van der Waals surface area (Å²) < 4.78 is 0. The fraction of sp³-hybridized carbons (Fsp3) is 0.833. The van der Waals surface area contributed by atoms with E-state index in [0.717, 1.165) is 0 Å². The lowest BCUT2D eigenvalue weighted by Crippen LogP contribution is -2.59. The molecule has 0 aromatic rings. The van der Waals surface area contributed by atoms with Crippen LogP contribution in [0.3, 0.4) is 0 Å². The van der Waals surface area contributed by atoms with E-state index < -0.39 is 24.0 Å². The number of hydrogen-bond acceptors (Lipinski definition) is 6. The van der Waals surface area contributed by atoms with Crippen LogP contribution in [0.5, 0.6) is 0 Å². The quantitative estimate of drug-likeness (QED) is 0.230. The Morgan fingerprint density at radius 1 is 1.42 bits per heavy atom. The van der Waals surface area contributed by atoms with Crippen LogP contribution in [0.15, 0.2) is 0 Å². The summed E-state index contributed by atoms with van der Waals surface area (Å²) >= 11 is 0. The molecule has 0 spiro atoms. The Balaban J connectivity index is 4.37. The summed E-state index contributed by atoms with van der Waals surface area (Å²) in [5.74, 6) is 0. The van der Waals surface area contributed by atoms with Crippen LogP contribution >= 0.6 is 0 Å². The first-order chi connectivity index (χ1) is 5.33. The Kier molecular flexibility index (Phi) is 3.75. The SMILES string of the molecule is C[C@@H](O)[C@H](O)[C@H](O)[C@@](N)(O)C=O. The molecule has 0 radical (unpaired) electrons. The highest BCUT2D eigenvalue weighted by molar-refractivity contribution is 5.62. The summed E-state index contributed by atoms with van der Waals surface area (Å²) in [5, 5.41) is 35.6. The van der Waals surface area contributed by atoms with Crippen LogP contribution in [0, 0.1) is 0 Å². The zero-order chi connectivity index (χ0) is 9.94. The molecule has 12 heavy (non-hydrogen) atoms. The van der Waals surface area contributed by atoms with Gasteiger partial charge in [0, 0.05) is 0 Å². The van der Waals surface area contributed by atoms with Gasteiger partial charge in [0.25, 0.3) is 0 Å². The first-order valence-electron chi connectivity index (χ1n) is 3.34. The molecule has 0 aliphatic carbocycles. The van der Waals surface area contributed by atoms with Crippen LogP contribution in [0.25, 0.3) is 0 Å². The number of aliphatic hydroxyl groups is 4. The molecule has 0 aromatic heterocycles. The van der Waals surface area contributed by atoms with Gasteiger partial charge in [-0.1, -0.05) is 0 Å². The average Bonchev–Trinajstić information content (AvgIpc) is 2.01. The normalized spacial score (nSPS) is 23.8. The van der Waals surface area contributed by atoms with Crippen molar-refractivity contribution in [2.45, 2.75) is 31.0 Å². The number of aliphatic hydroxyl groups excluding tert-OH is 3. The third-order valence-electron chi connectivity index (χ3n) is 1.48. The van der Waals surface area contributed by atoms with E-state index in [9.17, 15) is 4.79 Å². The number of nitrogens with two attached hydrogens (primary N) is 1. The predicted molar refractivity (Wildman–Crippen MR) is 38.9 cm³/mol. The third-order valence-corrected chi connectivity index (χ3v) is 1.48. The maximum atomic E-state index is 10.1. The summed E-state index contributed by atoms with van der Waals surface area (Å²) in [6.45, 7) is 1.19. The number of aldehydes is 1. The zero-order valence-electron chi connectivity index (χ0n) is 6.58. The van der Waals surface area contributed by atoms with Crippen LogP contribution in [-0.2, 0) is 4.79 Å². The lowest BCUT2D eigenvalue weighted by Gasteiger charge is -2.28. The van der Waals surface area contributed by atoms with Crippen LogP contribution in [0.2, 0.25) is 0 Å². The Morgan fingerprint density at radius 2 is 1.83 bits per heavy atom. The van der Waals surface area contributed by atoms with Crippen LogP contribution < -0.4 is 5.73 Å². The smallest absolute Gasteiger partial charge is 0.199 e. The molecular formula is C6H13NO5. The number of carbonyl (C=O) groups excluding carboxylic acids is 1. The highest BCUT2D eigenvalue weighted by Gasteiger charge is 2.38. The summed E-state index contributed by atoms with van der Waals surface area (Å²) in [5.41, 5.74) is 2.33. The van der Waals surface area contributed by atoms with Crippen LogP contribution in [0.4, 0.5) is 0 Å². The maximum Gasteiger partial charge on any atom is 0.199 e. The Hall–Kier alpha value is -0.530. The summed E-state index contributed by atoms with van der Waals surface area (Å²) in [4.78, 5) is 10.1. The van der Waals surface area contributed by atoms with Gasteiger partial charge in [-0.25, -0.2) is 0 Å². The van der Waals surface area contributed by atoms with E-state index in [1.165, 1.54) is 6.92 Å². The van der Waals surface area contributed by atoms with E-state index in [0.29, 0.717) is 0 Å². The molecule has 6 nitrogen and oxygen atoms in total. The highest BCUT2D eigenvalue weighted by Crippen LogP contribution is 2.08. The Bertz CT molecular complexity index is 158. The van der Waals surface area contributed by atoms with Crippen molar-refractivity contribution in [1.82, 2.24) is 0 Å². The molecule has 0 rings (SSSR count). The molecule has 0 fully saturated rings. The molecule has 0 bridgehead atoms. The Labute approximate surface area is 69.2 Å². The second kappa shape index (κ2) is 3.92. The first kappa shape index (κ1) is 11.5. The number of hydrogen-bond donors (Lipinski definition) is 5. The largest absolute Gasteiger partial charge is 0.391 e. The van der Waals surface area contributed by atoms with Crippen LogP contribution in [0.1, 0.15) is 6.92 Å². The van der Waals surface area contributed by atoms with E-state index in [2.05, 4.69) is 0 Å². The number of rotatable bonds is 4. The molecule has 6 N–H and O–H groups in total. The molecule has 0 saturated heterocycles. The predicted octanol–water partition coefficient (Wildman–Crippen LogP) is -3.06. The Morgan fingerprint density at radius 3 is 2.08 bits per heavy atom. The van der Waals surface area contributed by atoms with Gasteiger partial charge in [-0.3, -0.25) is 10.5 Å². The summed E-state index contributed by atoms with van der Waals surface area (Å²) in [7, 11) is 0. The monoisotopic (exact) mass is 179 g/mol. The fourth-order valence-corrected chi connectivity index (χ4v) is 0.607. The highest BCUT2D eigenvalue weighted by atomic mass is 16.4. The standard InChI is InChI=1S/C6H13NO5/c1-3(9)4(10)5(11)6(7,12)2-8/h2-5,9-12H,7H2,1H3/t3-,4+,5+,6+/m1/s1. The minimum Gasteiger partial charge on any atom is -0.391 e. The second-order valence-electron chi connectivity index (χ2n) is 2.68. The van der Waals surface area contributed by atoms with Crippen molar-refractivity contribution in [2.24, 2.45) is 5.73 Å². The van der Waals surface area contributed by atoms with Crippen molar-refractivity contribution in [3.8, 4) is 0 Å². The van der Waals surface area contributed by atoms with Crippen LogP contribution in [-0.4, -0.2) is 50.7 Å². The van der Waals surface area contributed by atoms with Gasteiger partial charge in [-0.05, 0) is 6.92 Å². The molecule has 0 unspecified atom stereocenters. The van der Waals surface area contributed by atoms with E-state index >= 15 is 0 Å². The topological polar surface area (TPSA) is 124 Å². The van der Waals surface area contributed by atoms with Crippen molar-refractivity contribution in [3.05, 3.63) is 0 Å². The molecule has 4 atom stereocenters. The van der Waals surface area contributed by atoms with Crippen molar-refractivity contribution >= 4 is 6.29 Å². The van der Waals surface area contributed by atoms with Crippen molar-refractivity contribution in [3.63, 3.8) is 0 Å². The number of carbonyl (C=O) groups is 1. The van der Waals surface area contributed by atoms with Gasteiger partial charge in [-0.2, -0.15) is 0 Å². The van der Waals surface area contributed by atoms with Crippen molar-refractivity contribution in [1.29, 1.82) is 0 Å². The van der Waals surface area contributed by atoms with Gasteiger partial charge in [0.15, 0.2) is 12.0 Å². The molecule has 6 heteroatoms. The van der Waals surface area contributed by atoms with Gasteiger partial charge >= 0.3 is 0 Å². The fourth-order valence-electron chi connectivity index (χ4n) is 0.607. The zero-order valence-corrected chi connectivity index (χ0v) is 6.58. The third kappa shape index (κ3) is 2.50. The first-order valence-corrected chi connectivity index (χ1v) is 3.34. The minimum absolute atomic E-state index is 0.108. The lowest BCUT2D eigenvalue weighted by atomic mass is 10.0. The van der Waals surface area contributed by atoms with E-state index in [-0.39, 0.29) is 6.29 Å². The molecule has 0 saturated carbocycles. The van der Waals surface area contributed by atoms with E-state index in [1.54, 1.807) is 0 Å². The molecule has 0 aliphatic rings. The van der Waals surface area contributed by atoms with Crippen molar-refractivity contribution in [2.75, 3.05) is 0 Å². The van der Waals surface area contributed by atoms with Gasteiger partial charge < -0.3 is 20.4 Å². The molecule has 0 amide bonds. The summed E-state index contributed by atoms with van der Waals surface area (Å²) in [6, 6.07) is 0. The molecule has 72 valence electrons. The lowest BCUT2D eigenvalue weighted by molar-refractivity contribution is -0.158. The van der Waals surface area contributed by atoms with E-state index in [4.69, 9.17) is 26.2 Å². The molecule has 0 heterocycles. The minimum atomic E-state index is -2.53. The van der Waals surface area contributed by atoms with Gasteiger partial charge in [0.05, 0.1) is 6.10 Å². The molecular weight excluding hydrogens is 166 g/mol. The van der Waals surface area contributed by atoms with Gasteiger partial charge in [0.2, 0.25) is 0 Å². The van der Waals surface area contributed by atoms with E-state index in [1.807, 2.05) is 0 Å². The maximum absolute atomic E-state index is 10.1. The molecule has 0 aromatic carbocycles. The second-order valence-corrected chi connectivity index (χ2v) is 2.68. The van der Waals surface area contributed by atoms with Crippen molar-refractivity contribution < 1.29 is 25.2 Å².